The van der Waals surface area contributed by atoms with Gasteiger partial charge in [-0.1, -0.05) is 56.3 Å². The zero-order valence-corrected chi connectivity index (χ0v) is 17.2. The first-order valence-corrected chi connectivity index (χ1v) is 9.83. The van der Waals surface area contributed by atoms with Crippen LogP contribution in [0.1, 0.15) is 41.8 Å². The fourth-order valence-corrected chi connectivity index (χ4v) is 2.74. The van der Waals surface area contributed by atoms with Gasteiger partial charge in [0.15, 0.2) is 0 Å². The quantitative estimate of drug-likeness (QED) is 0.454. The fourth-order valence-electron chi connectivity index (χ4n) is 2.74. The molecule has 0 aliphatic carbocycles. The van der Waals surface area contributed by atoms with Crippen LogP contribution in [0.5, 0.6) is 0 Å². The van der Waals surface area contributed by atoms with Gasteiger partial charge in [0.2, 0.25) is 0 Å². The number of amides is 1. The Morgan fingerprint density at radius 1 is 0.933 bits per heavy atom. The Morgan fingerprint density at radius 2 is 1.60 bits per heavy atom. The third kappa shape index (κ3) is 7.58. The van der Waals surface area contributed by atoms with E-state index in [0.717, 1.165) is 11.1 Å². The first kappa shape index (κ1) is 22.9. The van der Waals surface area contributed by atoms with E-state index in [1.165, 1.54) is 0 Å². The lowest BCUT2D eigenvalue weighted by Gasteiger charge is -2.20. The highest BCUT2D eigenvalue weighted by atomic mass is 16.6. The van der Waals surface area contributed by atoms with Gasteiger partial charge in [0.05, 0.1) is 12.2 Å². The minimum Gasteiger partial charge on any atom is -0.478 e. The number of nitrogens with one attached hydrogen (secondary N) is 1. The monoisotopic (exact) mass is 413 g/mol. The number of carbonyl (C=O) groups excluding carboxylic acids is 2. The van der Waals surface area contributed by atoms with Gasteiger partial charge in [0.1, 0.15) is 12.6 Å². The van der Waals surface area contributed by atoms with Crippen LogP contribution in [0, 0.1) is 5.92 Å². The second-order valence-electron chi connectivity index (χ2n) is 7.20. The molecule has 0 unspecified atom stereocenters. The Hall–Kier alpha value is -3.35. The number of hydrogen-bond acceptors (Lipinski definition) is 5. The highest BCUT2D eigenvalue weighted by Gasteiger charge is 2.26. The van der Waals surface area contributed by atoms with Crippen LogP contribution in [0.4, 0.5) is 4.79 Å². The molecule has 0 aliphatic rings. The van der Waals surface area contributed by atoms with E-state index in [-0.39, 0.29) is 24.7 Å². The Labute approximate surface area is 176 Å². The second-order valence-corrected chi connectivity index (χ2v) is 7.20. The molecule has 0 fully saturated rings. The normalized spacial score (nSPS) is 11.6. The van der Waals surface area contributed by atoms with Crippen LogP contribution in [0.3, 0.4) is 0 Å². The largest absolute Gasteiger partial charge is 0.478 e. The summed E-state index contributed by atoms with van der Waals surface area (Å²) in [6.45, 7) is 3.94. The average molecular weight is 413 g/mol. The van der Waals surface area contributed by atoms with Crippen molar-refractivity contribution in [3.63, 3.8) is 0 Å². The molecule has 0 bridgehead atoms. The molecule has 0 aliphatic heterocycles. The molecule has 0 saturated carbocycles. The molecule has 1 atom stereocenters. The highest BCUT2D eigenvalue weighted by Crippen LogP contribution is 2.09. The number of benzene rings is 2. The van der Waals surface area contributed by atoms with Crippen LogP contribution in [-0.4, -0.2) is 35.8 Å². The predicted molar refractivity (Wildman–Crippen MR) is 111 cm³/mol. The van der Waals surface area contributed by atoms with Crippen LogP contribution in [0.15, 0.2) is 54.6 Å². The van der Waals surface area contributed by atoms with Gasteiger partial charge in [-0.25, -0.2) is 14.4 Å². The van der Waals surface area contributed by atoms with Crippen molar-refractivity contribution in [1.82, 2.24) is 5.32 Å². The molecule has 2 N–H and O–H groups in total. The van der Waals surface area contributed by atoms with Crippen molar-refractivity contribution in [2.24, 2.45) is 5.92 Å². The summed E-state index contributed by atoms with van der Waals surface area (Å²) >= 11 is 0. The second kappa shape index (κ2) is 11.6. The van der Waals surface area contributed by atoms with Gasteiger partial charge >= 0.3 is 18.0 Å². The number of carbonyl (C=O) groups is 3. The Bertz CT molecular complexity index is 833. The molecule has 2 aromatic carbocycles. The highest BCUT2D eigenvalue weighted by molar-refractivity contribution is 5.87. The maximum absolute atomic E-state index is 12.4. The molecule has 0 saturated heterocycles. The van der Waals surface area contributed by atoms with Gasteiger partial charge in [-0.3, -0.25) is 0 Å². The molecule has 30 heavy (non-hydrogen) atoms. The first-order chi connectivity index (χ1) is 14.4. The summed E-state index contributed by atoms with van der Waals surface area (Å²) in [4.78, 5) is 35.3. The molecule has 0 radical (unpaired) electrons. The van der Waals surface area contributed by atoms with Crippen molar-refractivity contribution >= 4 is 18.0 Å². The molecule has 0 heterocycles. The molecule has 160 valence electrons. The molecule has 7 heteroatoms. The molecular formula is C23H27NO6. The summed E-state index contributed by atoms with van der Waals surface area (Å²) in [6.07, 6.45) is 0.557. The number of rotatable bonds is 10. The van der Waals surface area contributed by atoms with E-state index in [9.17, 15) is 14.4 Å². The maximum atomic E-state index is 12.4. The molecule has 2 rings (SSSR count). The predicted octanol–water partition coefficient (Wildman–Crippen LogP) is 3.81. The SMILES string of the molecule is CC(C)[C@H](NC(=O)OCc1ccccc1)C(=O)OCCCc1ccc(C(=O)O)cc1. The lowest BCUT2D eigenvalue weighted by molar-refractivity contribution is -0.147. The van der Waals surface area contributed by atoms with Crippen molar-refractivity contribution in [1.29, 1.82) is 0 Å². The van der Waals surface area contributed by atoms with E-state index in [4.69, 9.17) is 14.6 Å². The van der Waals surface area contributed by atoms with Crippen LogP contribution in [0.2, 0.25) is 0 Å². The van der Waals surface area contributed by atoms with Gasteiger partial charge in [-0.15, -0.1) is 0 Å². The van der Waals surface area contributed by atoms with E-state index >= 15 is 0 Å². The topological polar surface area (TPSA) is 102 Å². The number of aryl methyl sites for hydroxylation is 1. The van der Waals surface area contributed by atoms with Crippen LogP contribution in [0.25, 0.3) is 0 Å². The zero-order chi connectivity index (χ0) is 21.9. The van der Waals surface area contributed by atoms with Crippen molar-refractivity contribution in [2.75, 3.05) is 6.61 Å². The number of ether oxygens (including phenoxy) is 2. The Balaban J connectivity index is 1.74. The third-order valence-corrected chi connectivity index (χ3v) is 4.46. The van der Waals surface area contributed by atoms with Crippen molar-refractivity contribution in [3.05, 3.63) is 71.3 Å². The maximum Gasteiger partial charge on any atom is 0.408 e. The van der Waals surface area contributed by atoms with E-state index < -0.39 is 24.1 Å². The minimum absolute atomic E-state index is 0.118. The molecular weight excluding hydrogens is 386 g/mol. The van der Waals surface area contributed by atoms with E-state index in [2.05, 4.69) is 5.32 Å². The summed E-state index contributed by atoms with van der Waals surface area (Å²) in [5.41, 5.74) is 2.04. The summed E-state index contributed by atoms with van der Waals surface area (Å²) in [5, 5.41) is 11.5. The summed E-state index contributed by atoms with van der Waals surface area (Å²) in [5.74, 6) is -1.64. The number of carboxylic acid groups (broad SMARTS) is 1. The molecule has 1 amide bonds. The lowest BCUT2D eigenvalue weighted by atomic mass is 10.1. The Kier molecular flexibility index (Phi) is 8.87. The standard InChI is InChI=1S/C23H27NO6/c1-16(2)20(24-23(28)30-15-18-7-4-3-5-8-18)22(27)29-14-6-9-17-10-12-19(13-11-17)21(25)26/h3-5,7-8,10-13,16,20H,6,9,14-15H2,1-2H3,(H,24,28)(H,25,26)/t20-/m0/s1. The van der Waals surface area contributed by atoms with Crippen LogP contribution in [-0.2, 0) is 27.3 Å². The molecule has 2 aromatic rings. The number of hydrogen-bond donors (Lipinski definition) is 2. The smallest absolute Gasteiger partial charge is 0.408 e. The van der Waals surface area contributed by atoms with Crippen molar-refractivity contribution in [3.8, 4) is 0 Å². The number of carboxylic acids is 1. The van der Waals surface area contributed by atoms with Gasteiger partial charge in [0.25, 0.3) is 0 Å². The first-order valence-electron chi connectivity index (χ1n) is 9.83. The van der Waals surface area contributed by atoms with E-state index in [1.54, 1.807) is 24.3 Å². The fraction of sp³-hybridized carbons (Fsp3) is 0.348. The van der Waals surface area contributed by atoms with Gasteiger partial charge in [-0.2, -0.15) is 0 Å². The summed E-state index contributed by atoms with van der Waals surface area (Å²) in [6, 6.07) is 15.0. The molecule has 0 spiro atoms. The minimum atomic E-state index is -0.968. The number of aromatic carboxylic acids is 1. The third-order valence-electron chi connectivity index (χ3n) is 4.46. The number of esters is 1. The average Bonchev–Trinajstić information content (AvgIpc) is 2.74. The van der Waals surface area contributed by atoms with Gasteiger partial charge < -0.3 is 19.9 Å². The van der Waals surface area contributed by atoms with Gasteiger partial charge in [0, 0.05) is 0 Å². The van der Waals surface area contributed by atoms with Crippen LogP contribution >= 0.6 is 0 Å². The van der Waals surface area contributed by atoms with Crippen molar-refractivity contribution in [2.45, 2.75) is 39.3 Å². The molecule has 0 aromatic heterocycles. The number of alkyl carbamates (subject to hydrolysis) is 1. The summed E-state index contributed by atoms with van der Waals surface area (Å²) < 4.78 is 10.5. The van der Waals surface area contributed by atoms with E-state index in [0.29, 0.717) is 12.8 Å². The lowest BCUT2D eigenvalue weighted by Crippen LogP contribution is -2.45. The summed E-state index contributed by atoms with van der Waals surface area (Å²) in [7, 11) is 0. The zero-order valence-electron chi connectivity index (χ0n) is 17.2. The van der Waals surface area contributed by atoms with Crippen LogP contribution < -0.4 is 5.32 Å². The van der Waals surface area contributed by atoms with Gasteiger partial charge in [-0.05, 0) is 42.0 Å². The van der Waals surface area contributed by atoms with Crippen molar-refractivity contribution < 1.29 is 29.0 Å². The Morgan fingerprint density at radius 3 is 2.20 bits per heavy atom. The molecule has 7 nitrogen and oxygen atoms in total. The van der Waals surface area contributed by atoms with E-state index in [1.807, 2.05) is 44.2 Å².